The van der Waals surface area contributed by atoms with Crippen LogP contribution >= 0.6 is 27.5 Å². The van der Waals surface area contributed by atoms with Crippen LogP contribution in [0.25, 0.3) is 0 Å². The van der Waals surface area contributed by atoms with E-state index < -0.39 is 12.1 Å². The van der Waals surface area contributed by atoms with Gasteiger partial charge in [-0.15, -0.1) is 0 Å². The summed E-state index contributed by atoms with van der Waals surface area (Å²) >= 11 is 9.90. The van der Waals surface area contributed by atoms with Crippen LogP contribution < -0.4 is 14.8 Å². The van der Waals surface area contributed by atoms with Crippen LogP contribution in [0.5, 0.6) is 0 Å². The number of carbonyl (C=O) groups excluding carboxylic acids is 2. The van der Waals surface area contributed by atoms with Gasteiger partial charge < -0.3 is 20.0 Å². The quantitative estimate of drug-likeness (QED) is 0.127. The molecule has 0 radical (unpaired) electrons. The average molecular weight is 696 g/mol. The maximum absolute atomic E-state index is 13.8. The van der Waals surface area contributed by atoms with E-state index in [-0.39, 0.29) is 24.8 Å². The van der Waals surface area contributed by atoms with Gasteiger partial charge in [0.05, 0.1) is 17.2 Å². The number of amides is 2. The third-order valence-electron chi connectivity index (χ3n) is 8.53. The number of hydrogen-bond acceptors (Lipinski definition) is 6. The van der Waals surface area contributed by atoms with Gasteiger partial charge in [-0.1, -0.05) is 17.7 Å². The molecule has 0 bridgehead atoms. The molecule has 1 aliphatic heterocycles. The number of hydrogen-bond donors (Lipinski definition) is 2. The Morgan fingerprint density at radius 2 is 1.93 bits per heavy atom. The first-order valence-corrected chi connectivity index (χ1v) is 16.1. The van der Waals surface area contributed by atoms with E-state index >= 15 is 0 Å². The van der Waals surface area contributed by atoms with E-state index in [9.17, 15) is 20.0 Å². The summed E-state index contributed by atoms with van der Waals surface area (Å²) in [5.41, 5.74) is 4.32. The number of nitrogens with one attached hydrogen (secondary N) is 1. The highest BCUT2D eigenvalue weighted by molar-refractivity contribution is 9.10. The van der Waals surface area contributed by atoms with Gasteiger partial charge in [-0.25, -0.2) is 4.98 Å². The predicted molar refractivity (Wildman–Crippen MR) is 168 cm³/mol. The Bertz CT molecular complexity index is 1690. The van der Waals surface area contributed by atoms with Gasteiger partial charge in [-0.2, -0.15) is 4.73 Å². The molecule has 0 spiro atoms. The molecule has 3 aromatic heterocycles. The largest absolute Gasteiger partial charge is 0.618 e. The summed E-state index contributed by atoms with van der Waals surface area (Å²) in [6, 6.07) is 9.92. The summed E-state index contributed by atoms with van der Waals surface area (Å²) in [4.78, 5) is 35.4. The zero-order chi connectivity index (χ0) is 31.5. The second-order valence-electron chi connectivity index (χ2n) is 11.4. The lowest BCUT2D eigenvalue weighted by molar-refractivity contribution is -0.904. The number of carbonyl (C=O) groups is 2. The molecule has 13 heteroatoms. The summed E-state index contributed by atoms with van der Waals surface area (Å²) in [7, 11) is 0. The molecule has 1 unspecified atom stereocenters. The number of piperazine rings is 1. The van der Waals surface area contributed by atoms with E-state index in [0.29, 0.717) is 54.2 Å². The lowest BCUT2D eigenvalue weighted by Crippen LogP contribution is -2.62. The Labute approximate surface area is 274 Å². The van der Waals surface area contributed by atoms with Crippen molar-refractivity contribution in [2.45, 2.75) is 44.3 Å². The minimum atomic E-state index is -0.774. The molecule has 1 saturated heterocycles. The molecule has 6 rings (SSSR count). The van der Waals surface area contributed by atoms with Crippen molar-refractivity contribution in [3.05, 3.63) is 116 Å². The van der Waals surface area contributed by atoms with Gasteiger partial charge in [-0.05, 0) is 70.1 Å². The fourth-order valence-corrected chi connectivity index (χ4v) is 7.01. The molecule has 4 heterocycles. The van der Waals surface area contributed by atoms with Gasteiger partial charge in [0.15, 0.2) is 6.20 Å². The Kier molecular flexibility index (Phi) is 9.34. The van der Waals surface area contributed by atoms with Crippen molar-refractivity contribution in [1.82, 2.24) is 24.7 Å². The standard InChI is InChI=1S/C32H33BrClN7O4/c33-25-17-24-3-2-23-18-26(34)4-5-27(23)31(30(24)41(45)19-25)38-14-15-40(29(42)16-22-6-11-39(44)12-7-22)28(20-38)32(43)36-8-1-10-37-13-9-35-21-37/h4-7,9,11-13,17-19,21,28,31H,1-3,8,10,14-16,20H2,(H-,36,43,44)/p+1/t28?,31-/m1/s1. The maximum atomic E-state index is 13.8. The molecule has 2 aliphatic rings. The smallest absolute Gasteiger partial charge is 0.244 e. The molecule has 1 aromatic carbocycles. The molecular weight excluding hydrogens is 662 g/mol. The van der Waals surface area contributed by atoms with Gasteiger partial charge in [0, 0.05) is 72.6 Å². The van der Waals surface area contributed by atoms with Crippen LogP contribution in [0.3, 0.4) is 0 Å². The topological polar surface area (TPSA) is 122 Å². The highest BCUT2D eigenvalue weighted by Crippen LogP contribution is 2.38. The Morgan fingerprint density at radius 1 is 1.13 bits per heavy atom. The molecule has 1 fully saturated rings. The highest BCUT2D eigenvalue weighted by atomic mass is 79.9. The van der Waals surface area contributed by atoms with Crippen LogP contribution in [0, 0.1) is 5.21 Å². The number of pyridine rings is 2. The number of benzene rings is 1. The van der Waals surface area contributed by atoms with E-state index in [4.69, 9.17) is 11.6 Å². The molecule has 2 N–H and O–H groups in total. The summed E-state index contributed by atoms with van der Waals surface area (Å²) < 4.78 is 4.50. The molecule has 0 saturated carbocycles. The average Bonchev–Trinajstić information content (AvgIpc) is 3.49. The van der Waals surface area contributed by atoms with Crippen molar-refractivity contribution in [3.8, 4) is 0 Å². The van der Waals surface area contributed by atoms with Crippen molar-refractivity contribution in [2.75, 3.05) is 26.2 Å². The first kappa shape index (κ1) is 31.0. The van der Waals surface area contributed by atoms with Crippen molar-refractivity contribution in [2.24, 2.45) is 0 Å². The summed E-state index contributed by atoms with van der Waals surface area (Å²) in [6.07, 6.45) is 12.0. The fraction of sp³-hybridized carbons (Fsp3) is 0.344. The first-order valence-electron chi connectivity index (χ1n) is 14.9. The van der Waals surface area contributed by atoms with Gasteiger partial charge >= 0.3 is 0 Å². The van der Waals surface area contributed by atoms with E-state index in [1.165, 1.54) is 18.6 Å². The minimum Gasteiger partial charge on any atom is -0.618 e. The first-order chi connectivity index (χ1) is 21.8. The molecule has 45 heavy (non-hydrogen) atoms. The molecule has 234 valence electrons. The number of fused-ring (bicyclic) bond motifs is 2. The summed E-state index contributed by atoms with van der Waals surface area (Å²) in [6.45, 7) is 2.16. The third-order valence-corrected chi connectivity index (χ3v) is 9.20. The van der Waals surface area contributed by atoms with Crippen LogP contribution in [-0.2, 0) is 35.4 Å². The normalized spacial score (nSPS) is 18.1. The monoisotopic (exact) mass is 694 g/mol. The second-order valence-corrected chi connectivity index (χ2v) is 12.8. The zero-order valence-electron chi connectivity index (χ0n) is 24.6. The number of nitrogens with zero attached hydrogens (tertiary/aromatic N) is 6. The van der Waals surface area contributed by atoms with E-state index in [1.807, 2.05) is 35.0 Å². The van der Waals surface area contributed by atoms with Crippen molar-refractivity contribution < 1.29 is 24.3 Å². The van der Waals surface area contributed by atoms with E-state index in [1.54, 1.807) is 29.6 Å². The lowest BCUT2D eigenvalue weighted by atomic mass is 9.95. The van der Waals surface area contributed by atoms with Crippen molar-refractivity contribution >= 4 is 39.3 Å². The Morgan fingerprint density at radius 3 is 2.71 bits per heavy atom. The van der Waals surface area contributed by atoms with Gasteiger partial charge in [0.2, 0.25) is 29.9 Å². The van der Waals surface area contributed by atoms with Crippen molar-refractivity contribution in [1.29, 1.82) is 0 Å². The minimum absolute atomic E-state index is 0.0907. The van der Waals surface area contributed by atoms with Crippen molar-refractivity contribution in [3.63, 3.8) is 0 Å². The van der Waals surface area contributed by atoms with Crippen LogP contribution in [0.1, 0.15) is 40.4 Å². The number of aromatic nitrogens is 4. The number of halogens is 2. The Hall–Kier alpha value is -4.00. The molecule has 11 nitrogen and oxygen atoms in total. The van der Waals surface area contributed by atoms with Crippen LogP contribution in [0.15, 0.2) is 78.2 Å². The van der Waals surface area contributed by atoms with Crippen LogP contribution in [0.4, 0.5) is 0 Å². The molecule has 2 atom stereocenters. The number of rotatable bonds is 8. The van der Waals surface area contributed by atoms with Crippen LogP contribution in [-0.4, -0.2) is 68.6 Å². The molecule has 4 aromatic rings. The summed E-state index contributed by atoms with van der Waals surface area (Å²) in [5, 5.41) is 26.8. The lowest BCUT2D eigenvalue weighted by Gasteiger charge is -2.43. The van der Waals surface area contributed by atoms with E-state index in [0.717, 1.165) is 38.1 Å². The van der Waals surface area contributed by atoms with Gasteiger partial charge in [0.25, 0.3) is 0 Å². The van der Waals surface area contributed by atoms with Gasteiger partial charge in [-0.3, -0.25) is 19.7 Å². The fourth-order valence-electron chi connectivity index (χ4n) is 6.36. The Balaban J connectivity index is 1.29. The molecule has 1 aliphatic carbocycles. The maximum Gasteiger partial charge on any atom is 0.244 e. The van der Waals surface area contributed by atoms with Crippen LogP contribution in [0.2, 0.25) is 5.02 Å². The highest BCUT2D eigenvalue weighted by Gasteiger charge is 2.42. The molecular formula is C32H34BrClN7O4+. The second kappa shape index (κ2) is 13.6. The molecule has 2 amide bonds. The zero-order valence-corrected chi connectivity index (χ0v) is 26.9. The predicted octanol–water partition coefficient (Wildman–Crippen LogP) is 2.61. The third kappa shape index (κ3) is 6.98. The number of imidazole rings is 1. The van der Waals surface area contributed by atoms with E-state index in [2.05, 4.69) is 31.1 Å². The van der Waals surface area contributed by atoms with Gasteiger partial charge in [0.1, 0.15) is 12.1 Å². The number of aryl methyl sites for hydroxylation is 3. The summed E-state index contributed by atoms with van der Waals surface area (Å²) in [5.74, 6) is -0.420. The SMILES string of the molecule is O=C(NCCCn1ccnc1)C1CN([C@@H]2c3ccc(Cl)cc3CCc3cc(Br)c[n+]([O-])c32)CCN1C(=O)Cc1cc[n+](O)cc1.